The highest BCUT2D eigenvalue weighted by Gasteiger charge is 2.31. The lowest BCUT2D eigenvalue weighted by Crippen LogP contribution is -2.57. The Kier molecular flexibility index (Phi) is 12.7. The molecule has 1 aromatic carbocycles. The molecule has 0 aliphatic heterocycles. The van der Waals surface area contributed by atoms with Crippen LogP contribution in [0.1, 0.15) is 45.1 Å². The van der Waals surface area contributed by atoms with Crippen molar-refractivity contribution >= 4 is 35.6 Å². The van der Waals surface area contributed by atoms with E-state index in [4.69, 9.17) is 16.6 Å². The van der Waals surface area contributed by atoms with E-state index in [0.717, 1.165) is 0 Å². The Morgan fingerprint density at radius 2 is 1.37 bits per heavy atom. The molecular weight excluding hydrogens is 502 g/mol. The van der Waals surface area contributed by atoms with E-state index in [1.165, 1.54) is 24.3 Å². The number of amides is 4. The zero-order chi connectivity index (χ0) is 29.0. The number of primary amides is 1. The van der Waals surface area contributed by atoms with Gasteiger partial charge in [-0.1, -0.05) is 26.0 Å². The third-order valence-corrected chi connectivity index (χ3v) is 5.37. The largest absolute Gasteiger partial charge is 0.508 e. The van der Waals surface area contributed by atoms with E-state index >= 15 is 0 Å². The summed E-state index contributed by atoms with van der Waals surface area (Å²) in [7, 11) is 0. The summed E-state index contributed by atoms with van der Waals surface area (Å²) in [5.41, 5.74) is 11.2. The Balaban J connectivity index is 3.04. The second-order valence-electron chi connectivity index (χ2n) is 9.23. The summed E-state index contributed by atoms with van der Waals surface area (Å²) < 4.78 is 0. The van der Waals surface area contributed by atoms with E-state index in [1.807, 2.05) is 0 Å². The molecule has 0 radical (unpaired) electrons. The molecule has 0 aromatic heterocycles. The maximum absolute atomic E-state index is 13.0. The Labute approximate surface area is 219 Å². The van der Waals surface area contributed by atoms with Crippen molar-refractivity contribution in [3.8, 4) is 5.75 Å². The molecule has 0 saturated heterocycles. The fourth-order valence-corrected chi connectivity index (χ4v) is 3.44. The zero-order valence-electron chi connectivity index (χ0n) is 21.2. The second kappa shape index (κ2) is 15.1. The van der Waals surface area contributed by atoms with Gasteiger partial charge in [-0.2, -0.15) is 0 Å². The van der Waals surface area contributed by atoms with Crippen LogP contribution in [0, 0.1) is 5.92 Å². The number of carbonyl (C=O) groups is 6. The van der Waals surface area contributed by atoms with Crippen molar-refractivity contribution in [2.75, 3.05) is 0 Å². The minimum absolute atomic E-state index is 0.00973. The summed E-state index contributed by atoms with van der Waals surface area (Å²) in [6.07, 6.45) is -1.35. The number of nitrogens with one attached hydrogen (secondary N) is 3. The summed E-state index contributed by atoms with van der Waals surface area (Å²) in [4.78, 5) is 72.3. The van der Waals surface area contributed by atoms with E-state index in [-0.39, 0.29) is 30.9 Å². The van der Waals surface area contributed by atoms with Crippen molar-refractivity contribution in [2.24, 2.45) is 17.4 Å². The average molecular weight is 538 g/mol. The lowest BCUT2D eigenvalue weighted by atomic mass is 10.0. The smallest absolute Gasteiger partial charge is 0.326 e. The van der Waals surface area contributed by atoms with Crippen LogP contribution in [0.15, 0.2) is 24.3 Å². The summed E-state index contributed by atoms with van der Waals surface area (Å²) >= 11 is 0. The highest BCUT2D eigenvalue weighted by Crippen LogP contribution is 2.13. The number of benzene rings is 1. The number of hydrogen-bond acceptors (Lipinski definition) is 8. The van der Waals surface area contributed by atoms with Crippen molar-refractivity contribution in [2.45, 2.75) is 70.1 Å². The number of hydrogen-bond donors (Lipinski definition) is 8. The third kappa shape index (κ3) is 11.7. The molecule has 0 spiro atoms. The predicted octanol–water partition coefficient (Wildman–Crippen LogP) is -1.41. The lowest BCUT2D eigenvalue weighted by molar-refractivity contribution is -0.142. The number of rotatable bonds is 16. The number of phenolic OH excluding ortho intramolecular Hbond substituents is 1. The minimum Gasteiger partial charge on any atom is -0.508 e. The van der Waals surface area contributed by atoms with Crippen LogP contribution >= 0.6 is 0 Å². The van der Waals surface area contributed by atoms with Crippen molar-refractivity contribution < 1.29 is 44.1 Å². The topological polar surface area (TPSA) is 251 Å². The maximum atomic E-state index is 13.0. The first kappa shape index (κ1) is 31.8. The van der Waals surface area contributed by atoms with E-state index in [0.29, 0.717) is 5.56 Å². The van der Waals surface area contributed by atoms with Gasteiger partial charge in [-0.15, -0.1) is 0 Å². The fourth-order valence-electron chi connectivity index (χ4n) is 3.44. The predicted molar refractivity (Wildman–Crippen MR) is 133 cm³/mol. The summed E-state index contributed by atoms with van der Waals surface area (Å²) in [6.45, 7) is 3.54. The number of nitrogens with two attached hydrogens (primary N) is 2. The van der Waals surface area contributed by atoms with Gasteiger partial charge in [0.25, 0.3) is 0 Å². The number of carboxylic acid groups (broad SMARTS) is 2. The van der Waals surface area contributed by atoms with Crippen LogP contribution in [0.25, 0.3) is 0 Å². The monoisotopic (exact) mass is 537 g/mol. The van der Waals surface area contributed by atoms with Crippen molar-refractivity contribution in [1.29, 1.82) is 0 Å². The van der Waals surface area contributed by atoms with Gasteiger partial charge in [0, 0.05) is 12.8 Å². The number of phenols is 1. The summed E-state index contributed by atoms with van der Waals surface area (Å²) in [6, 6.07) is 0.399. The van der Waals surface area contributed by atoms with E-state index in [1.54, 1.807) is 13.8 Å². The van der Waals surface area contributed by atoms with Crippen molar-refractivity contribution in [3.05, 3.63) is 29.8 Å². The molecule has 0 fully saturated rings. The summed E-state index contributed by atoms with van der Waals surface area (Å²) in [5.74, 6) is -6.16. The molecule has 1 rings (SSSR count). The molecular formula is C24H35N5O9. The number of aliphatic carboxylic acids is 2. The number of carboxylic acids is 2. The molecule has 0 aliphatic rings. The first-order valence-electron chi connectivity index (χ1n) is 11.9. The van der Waals surface area contributed by atoms with E-state index in [2.05, 4.69) is 16.0 Å². The van der Waals surface area contributed by atoms with Crippen molar-refractivity contribution in [1.82, 2.24) is 16.0 Å². The molecule has 0 bridgehead atoms. The molecule has 14 heteroatoms. The molecule has 4 atom stereocenters. The fraction of sp³-hybridized carbons (Fsp3) is 0.500. The van der Waals surface area contributed by atoms with Crippen molar-refractivity contribution in [3.63, 3.8) is 0 Å². The first-order valence-corrected chi connectivity index (χ1v) is 11.9. The van der Waals surface area contributed by atoms with Gasteiger partial charge in [-0.3, -0.25) is 24.0 Å². The van der Waals surface area contributed by atoms with Crippen LogP contribution in [-0.4, -0.2) is 75.1 Å². The second-order valence-corrected chi connectivity index (χ2v) is 9.23. The average Bonchev–Trinajstić information content (AvgIpc) is 2.80. The third-order valence-electron chi connectivity index (χ3n) is 5.37. The van der Waals surface area contributed by atoms with Gasteiger partial charge in [-0.05, 0) is 36.5 Å². The van der Waals surface area contributed by atoms with Gasteiger partial charge in [0.05, 0.1) is 12.5 Å². The first-order chi connectivity index (χ1) is 17.7. The Hall–Kier alpha value is -4.20. The standard InChI is InChI=1S/C24H35N5O9/c1-12(2)9-17(23(36)29-18(24(37)38)10-13-3-5-14(30)6-4-13)28-22(35)16(7-8-20(32)33)27-21(34)15(25)11-19(26)31/h3-6,12,15-18,30H,7-11,25H2,1-2H3,(H2,26,31)(H,27,34)(H,28,35)(H,29,36)(H,32,33)(H,37,38). The van der Waals surface area contributed by atoms with Gasteiger partial charge in [0.1, 0.15) is 23.9 Å². The molecule has 4 amide bonds. The van der Waals surface area contributed by atoms with Crippen LogP contribution in [-0.2, 0) is 35.2 Å². The van der Waals surface area contributed by atoms with Crippen LogP contribution in [0.5, 0.6) is 5.75 Å². The molecule has 0 heterocycles. The van der Waals surface area contributed by atoms with Gasteiger partial charge >= 0.3 is 11.9 Å². The highest BCUT2D eigenvalue weighted by molar-refractivity contribution is 5.95. The van der Waals surface area contributed by atoms with Crippen LogP contribution in [0.2, 0.25) is 0 Å². The van der Waals surface area contributed by atoms with E-state index < -0.39 is 72.6 Å². The molecule has 1 aromatic rings. The molecule has 4 unspecified atom stereocenters. The molecule has 0 saturated carbocycles. The SMILES string of the molecule is CC(C)CC(NC(=O)C(CCC(=O)O)NC(=O)C(N)CC(N)=O)C(=O)NC(Cc1ccc(O)cc1)C(=O)O. The Morgan fingerprint density at radius 1 is 0.842 bits per heavy atom. The van der Waals surface area contributed by atoms with Crippen LogP contribution in [0.3, 0.4) is 0 Å². The molecule has 210 valence electrons. The maximum Gasteiger partial charge on any atom is 0.326 e. The summed E-state index contributed by atoms with van der Waals surface area (Å²) in [5, 5.41) is 35.2. The zero-order valence-corrected chi connectivity index (χ0v) is 21.2. The molecule has 10 N–H and O–H groups in total. The Bertz CT molecular complexity index is 1010. The van der Waals surface area contributed by atoms with E-state index in [9.17, 15) is 39.0 Å². The normalized spacial score (nSPS) is 14.0. The van der Waals surface area contributed by atoms with Gasteiger partial charge in [-0.25, -0.2) is 4.79 Å². The lowest BCUT2D eigenvalue weighted by Gasteiger charge is -2.26. The van der Waals surface area contributed by atoms with Crippen LogP contribution in [0.4, 0.5) is 0 Å². The highest BCUT2D eigenvalue weighted by atomic mass is 16.4. The molecule has 0 aliphatic carbocycles. The number of carbonyl (C=O) groups excluding carboxylic acids is 4. The minimum atomic E-state index is -1.41. The van der Waals surface area contributed by atoms with Gasteiger partial charge in [0.15, 0.2) is 0 Å². The number of aromatic hydroxyl groups is 1. The molecule has 38 heavy (non-hydrogen) atoms. The van der Waals surface area contributed by atoms with Crippen LogP contribution < -0.4 is 27.4 Å². The quantitative estimate of drug-likeness (QED) is 0.122. The Morgan fingerprint density at radius 3 is 1.87 bits per heavy atom. The van der Waals surface area contributed by atoms with Gasteiger partial charge < -0.3 is 42.7 Å². The van der Waals surface area contributed by atoms with Gasteiger partial charge in [0.2, 0.25) is 23.6 Å². The molecule has 14 nitrogen and oxygen atoms in total.